The first kappa shape index (κ1) is 22.1. The van der Waals surface area contributed by atoms with Crippen molar-refractivity contribution >= 4 is 29.2 Å². The normalized spacial score (nSPS) is 17.2. The van der Waals surface area contributed by atoms with E-state index in [-0.39, 0.29) is 24.1 Å². The molecule has 2 aliphatic heterocycles. The third-order valence-electron chi connectivity index (χ3n) is 6.52. The van der Waals surface area contributed by atoms with Crippen molar-refractivity contribution in [2.75, 3.05) is 38.5 Å². The van der Waals surface area contributed by atoms with Crippen LogP contribution in [0.5, 0.6) is 0 Å². The third-order valence-corrected chi connectivity index (χ3v) is 6.52. The van der Waals surface area contributed by atoms with Crippen LogP contribution in [0, 0.1) is 12.7 Å². The lowest BCUT2D eigenvalue weighted by atomic mass is 9.94. The van der Waals surface area contributed by atoms with Gasteiger partial charge in [-0.25, -0.2) is 4.39 Å². The molecule has 6 nitrogen and oxygen atoms in total. The molecule has 0 bridgehead atoms. The van der Waals surface area contributed by atoms with Gasteiger partial charge in [-0.3, -0.25) is 9.59 Å². The maximum Gasteiger partial charge on any atom is 0.256 e. The minimum Gasteiger partial charge on any atom is -0.359 e. The van der Waals surface area contributed by atoms with Gasteiger partial charge in [0.05, 0.1) is 12.0 Å². The van der Waals surface area contributed by atoms with Crippen LogP contribution in [0.25, 0.3) is 22.8 Å². The van der Waals surface area contributed by atoms with Crippen LogP contribution in [-0.2, 0) is 16.0 Å². The summed E-state index contributed by atoms with van der Waals surface area (Å²) in [6, 6.07) is 13.9. The second-order valence-corrected chi connectivity index (χ2v) is 9.00. The van der Waals surface area contributed by atoms with Crippen molar-refractivity contribution in [1.82, 2.24) is 14.8 Å². The molecule has 2 aliphatic rings. The van der Waals surface area contributed by atoms with E-state index < -0.39 is 0 Å². The zero-order valence-corrected chi connectivity index (χ0v) is 19.3. The molecule has 1 aromatic heterocycles. The summed E-state index contributed by atoms with van der Waals surface area (Å²) in [5.41, 5.74) is 5.92. The van der Waals surface area contributed by atoms with Crippen molar-refractivity contribution in [3.05, 3.63) is 76.9 Å². The molecule has 2 N–H and O–H groups in total. The van der Waals surface area contributed by atoms with E-state index in [9.17, 15) is 14.0 Å². The maximum absolute atomic E-state index is 13.9. The summed E-state index contributed by atoms with van der Waals surface area (Å²) in [6.45, 7) is 5.12. The summed E-state index contributed by atoms with van der Waals surface area (Å²) in [4.78, 5) is 33.3. The molecule has 0 unspecified atom stereocenters. The number of aromatic amines is 1. The number of hydrogen-bond donors (Lipinski definition) is 2. The van der Waals surface area contributed by atoms with E-state index in [0.717, 1.165) is 54.3 Å². The fourth-order valence-corrected chi connectivity index (χ4v) is 4.70. The van der Waals surface area contributed by atoms with Gasteiger partial charge >= 0.3 is 0 Å². The lowest BCUT2D eigenvalue weighted by molar-refractivity contribution is -0.132. The number of nitrogens with one attached hydrogen (secondary N) is 2. The molecular weight excluding hydrogens is 431 g/mol. The molecule has 34 heavy (non-hydrogen) atoms. The maximum atomic E-state index is 13.9. The van der Waals surface area contributed by atoms with Crippen molar-refractivity contribution in [3.63, 3.8) is 0 Å². The molecule has 3 heterocycles. The third kappa shape index (κ3) is 4.26. The number of carbonyl (C=O) groups excluding carboxylic acids is 2. The Balaban J connectivity index is 1.50. The van der Waals surface area contributed by atoms with Gasteiger partial charge in [0.2, 0.25) is 5.91 Å². The number of benzene rings is 2. The van der Waals surface area contributed by atoms with Gasteiger partial charge in [-0.2, -0.15) is 0 Å². The quantitative estimate of drug-likeness (QED) is 0.582. The van der Waals surface area contributed by atoms with Crippen LogP contribution in [0.1, 0.15) is 22.5 Å². The number of rotatable bonds is 4. The predicted molar refractivity (Wildman–Crippen MR) is 132 cm³/mol. The zero-order valence-electron chi connectivity index (χ0n) is 19.3. The highest BCUT2D eigenvalue weighted by atomic mass is 19.1. The average Bonchev–Trinajstić information content (AvgIpc) is 3.32. The molecule has 2 aromatic carbocycles. The Bertz CT molecular complexity index is 1300. The van der Waals surface area contributed by atoms with Crippen LogP contribution >= 0.6 is 0 Å². The molecule has 0 radical (unpaired) electrons. The number of aromatic nitrogens is 1. The SMILES string of the molecule is Cc1cc(CC(=O)N2CCN(C)CC2)c(/C=C2\C(=O)Nc3cccc(-c4cccc(F)c4)c32)[nH]1. The van der Waals surface area contributed by atoms with Gasteiger partial charge in [0.25, 0.3) is 5.91 Å². The minimum absolute atomic E-state index is 0.0865. The Hall–Kier alpha value is -3.71. The molecule has 174 valence electrons. The number of nitrogens with zero attached hydrogens (tertiary/aromatic N) is 2. The lowest BCUT2D eigenvalue weighted by Gasteiger charge is -2.32. The topological polar surface area (TPSA) is 68.4 Å². The lowest BCUT2D eigenvalue weighted by Crippen LogP contribution is -2.47. The summed E-state index contributed by atoms with van der Waals surface area (Å²) in [5.74, 6) is -0.464. The summed E-state index contributed by atoms with van der Waals surface area (Å²) in [7, 11) is 2.06. The Labute approximate surface area is 198 Å². The molecule has 1 saturated heterocycles. The van der Waals surface area contributed by atoms with E-state index in [2.05, 4.69) is 22.2 Å². The minimum atomic E-state index is -0.331. The number of piperazine rings is 1. The van der Waals surface area contributed by atoms with Gasteiger partial charge in [-0.15, -0.1) is 0 Å². The molecule has 0 aliphatic carbocycles. The van der Waals surface area contributed by atoms with Crippen LogP contribution in [0.4, 0.5) is 10.1 Å². The molecule has 3 aromatic rings. The fourth-order valence-electron chi connectivity index (χ4n) is 4.70. The first-order chi connectivity index (χ1) is 16.4. The highest BCUT2D eigenvalue weighted by molar-refractivity contribution is 6.36. The molecule has 0 atom stereocenters. The largest absolute Gasteiger partial charge is 0.359 e. The summed E-state index contributed by atoms with van der Waals surface area (Å²) in [5, 5.41) is 2.92. The monoisotopic (exact) mass is 458 g/mol. The van der Waals surface area contributed by atoms with Crippen LogP contribution in [0.3, 0.4) is 0 Å². The van der Waals surface area contributed by atoms with Gasteiger partial charge in [0, 0.05) is 48.8 Å². The Morgan fingerprint density at radius 1 is 1.09 bits per heavy atom. The smallest absolute Gasteiger partial charge is 0.256 e. The number of H-pyrrole nitrogens is 1. The number of aryl methyl sites for hydroxylation is 1. The van der Waals surface area contributed by atoms with E-state index in [0.29, 0.717) is 16.8 Å². The number of fused-ring (bicyclic) bond motifs is 1. The van der Waals surface area contributed by atoms with E-state index >= 15 is 0 Å². The number of halogens is 1. The first-order valence-corrected chi connectivity index (χ1v) is 11.5. The van der Waals surface area contributed by atoms with Gasteiger partial charge in [0.1, 0.15) is 5.82 Å². The fraction of sp³-hybridized carbons (Fsp3) is 0.259. The van der Waals surface area contributed by atoms with Gasteiger partial charge in [-0.1, -0.05) is 24.3 Å². The van der Waals surface area contributed by atoms with Crippen molar-refractivity contribution in [3.8, 4) is 11.1 Å². The average molecular weight is 459 g/mol. The zero-order chi connectivity index (χ0) is 23.8. The molecule has 1 fully saturated rings. The second kappa shape index (κ2) is 8.91. The Morgan fingerprint density at radius 2 is 1.85 bits per heavy atom. The number of likely N-dealkylation sites (N-methyl/N-ethyl adjacent to an activating group) is 1. The number of hydrogen-bond acceptors (Lipinski definition) is 3. The van der Waals surface area contributed by atoms with E-state index in [4.69, 9.17) is 0 Å². The van der Waals surface area contributed by atoms with Crippen LogP contribution < -0.4 is 5.32 Å². The molecule has 0 spiro atoms. The van der Waals surface area contributed by atoms with Gasteiger partial charge in [-0.05, 0) is 61.0 Å². The van der Waals surface area contributed by atoms with Crippen LogP contribution in [0.2, 0.25) is 0 Å². The van der Waals surface area contributed by atoms with Crippen molar-refractivity contribution in [1.29, 1.82) is 0 Å². The van der Waals surface area contributed by atoms with Crippen molar-refractivity contribution in [2.45, 2.75) is 13.3 Å². The number of amides is 2. The highest BCUT2D eigenvalue weighted by Gasteiger charge is 2.28. The predicted octanol–water partition coefficient (Wildman–Crippen LogP) is 3.94. The first-order valence-electron chi connectivity index (χ1n) is 11.5. The molecule has 0 saturated carbocycles. The van der Waals surface area contributed by atoms with Gasteiger partial charge in [0.15, 0.2) is 0 Å². The molecule has 7 heteroatoms. The molecular formula is C27H27FN4O2. The van der Waals surface area contributed by atoms with Crippen LogP contribution in [0.15, 0.2) is 48.5 Å². The number of anilines is 1. The standard InChI is InChI=1S/C27H27FN4O2/c1-17-13-19(15-25(33)32-11-9-31(2)10-12-32)24(29-17)16-22-26-21(18-5-3-6-20(28)14-18)7-4-8-23(26)30-27(22)34/h3-8,13-14,16,29H,9-12,15H2,1-2H3,(H,30,34)/b22-16-. The van der Waals surface area contributed by atoms with E-state index in [1.807, 2.05) is 48.2 Å². The van der Waals surface area contributed by atoms with E-state index in [1.54, 1.807) is 6.07 Å². The molecule has 2 amide bonds. The summed E-state index contributed by atoms with van der Waals surface area (Å²) in [6.07, 6.45) is 2.08. The van der Waals surface area contributed by atoms with Crippen LogP contribution in [-0.4, -0.2) is 59.8 Å². The second-order valence-electron chi connectivity index (χ2n) is 9.00. The Kier molecular flexibility index (Phi) is 5.79. The van der Waals surface area contributed by atoms with Crippen molar-refractivity contribution < 1.29 is 14.0 Å². The Morgan fingerprint density at radius 3 is 2.62 bits per heavy atom. The summed E-state index contributed by atoms with van der Waals surface area (Å²) >= 11 is 0. The van der Waals surface area contributed by atoms with Crippen molar-refractivity contribution in [2.24, 2.45) is 0 Å². The summed E-state index contributed by atoms with van der Waals surface area (Å²) < 4.78 is 13.9. The van der Waals surface area contributed by atoms with E-state index in [1.165, 1.54) is 12.1 Å². The number of carbonyl (C=O) groups is 2. The molecule has 5 rings (SSSR count). The highest BCUT2D eigenvalue weighted by Crippen LogP contribution is 2.40. The van der Waals surface area contributed by atoms with Gasteiger partial charge < -0.3 is 20.1 Å².